The third-order valence-corrected chi connectivity index (χ3v) is 2.82. The van der Waals surface area contributed by atoms with Crippen LogP contribution in [0.25, 0.3) is 0 Å². The van der Waals surface area contributed by atoms with Crippen molar-refractivity contribution in [2.24, 2.45) is 4.99 Å². The molecule has 0 aliphatic carbocycles. The number of carbonyl (C=O) groups is 1. The van der Waals surface area contributed by atoms with Gasteiger partial charge in [0.25, 0.3) is 0 Å². The van der Waals surface area contributed by atoms with Crippen LogP contribution in [-0.4, -0.2) is 25.0 Å². The lowest BCUT2D eigenvalue weighted by atomic mass is 10.2. The number of anilines is 1. The quantitative estimate of drug-likeness (QED) is 0.378. The summed E-state index contributed by atoms with van der Waals surface area (Å²) in [5, 5.41) is 9.36. The van der Waals surface area contributed by atoms with E-state index in [1.165, 1.54) is 0 Å². The van der Waals surface area contributed by atoms with E-state index in [1.54, 1.807) is 7.05 Å². The van der Waals surface area contributed by atoms with Gasteiger partial charge < -0.3 is 16.0 Å². The van der Waals surface area contributed by atoms with Crippen molar-refractivity contribution < 1.29 is 4.79 Å². The number of halogens is 1. The van der Waals surface area contributed by atoms with Gasteiger partial charge in [0.15, 0.2) is 5.96 Å². The zero-order valence-corrected chi connectivity index (χ0v) is 16.1. The molecule has 3 N–H and O–H groups in total. The third kappa shape index (κ3) is 8.21. The molecule has 0 saturated carbocycles. The molecule has 0 radical (unpaired) electrons. The van der Waals surface area contributed by atoms with E-state index in [4.69, 9.17) is 0 Å². The number of carbonyl (C=O) groups excluding carboxylic acids is 1. The Balaban J connectivity index is 0.00000441. The van der Waals surface area contributed by atoms with E-state index in [0.717, 1.165) is 23.6 Å². The van der Waals surface area contributed by atoms with Gasteiger partial charge in [-0.2, -0.15) is 0 Å². The first-order valence-electron chi connectivity index (χ1n) is 7.41. The minimum atomic E-state index is 0. The number of hydrogen-bond acceptors (Lipinski definition) is 2. The Morgan fingerprint density at radius 3 is 2.36 bits per heavy atom. The van der Waals surface area contributed by atoms with E-state index in [-0.39, 0.29) is 29.9 Å². The Morgan fingerprint density at radius 2 is 1.86 bits per heavy atom. The molecule has 0 fully saturated rings. The van der Waals surface area contributed by atoms with Gasteiger partial charge in [-0.25, -0.2) is 0 Å². The van der Waals surface area contributed by atoms with E-state index in [1.807, 2.05) is 31.2 Å². The SMILES string of the molecule is CCCC(=O)Nc1ccc(CNC(=NC)NC(C)C)cc1.I. The normalized spacial score (nSPS) is 10.9. The van der Waals surface area contributed by atoms with Gasteiger partial charge in [-0.15, -0.1) is 24.0 Å². The molecule has 1 aromatic carbocycles. The number of nitrogens with zero attached hydrogens (tertiary/aromatic N) is 1. The van der Waals surface area contributed by atoms with Crippen LogP contribution >= 0.6 is 24.0 Å². The lowest BCUT2D eigenvalue weighted by Crippen LogP contribution is -2.40. The molecule has 124 valence electrons. The maximum absolute atomic E-state index is 11.5. The number of hydrogen-bond donors (Lipinski definition) is 3. The average molecular weight is 418 g/mol. The molecule has 0 spiro atoms. The number of nitrogens with one attached hydrogen (secondary N) is 3. The number of guanidine groups is 1. The van der Waals surface area contributed by atoms with Crippen LogP contribution in [0, 0.1) is 0 Å². The Kier molecular flexibility index (Phi) is 10.6. The maximum atomic E-state index is 11.5. The summed E-state index contributed by atoms with van der Waals surface area (Å²) < 4.78 is 0. The minimum Gasteiger partial charge on any atom is -0.354 e. The molecule has 22 heavy (non-hydrogen) atoms. The van der Waals surface area contributed by atoms with E-state index in [2.05, 4.69) is 34.8 Å². The van der Waals surface area contributed by atoms with Crippen LogP contribution < -0.4 is 16.0 Å². The average Bonchev–Trinajstić information content (AvgIpc) is 2.44. The van der Waals surface area contributed by atoms with Gasteiger partial charge in [0.05, 0.1) is 0 Å². The van der Waals surface area contributed by atoms with Gasteiger partial charge in [-0.05, 0) is 38.0 Å². The Morgan fingerprint density at radius 1 is 1.23 bits per heavy atom. The van der Waals surface area contributed by atoms with Crippen molar-refractivity contribution in [2.45, 2.75) is 46.2 Å². The van der Waals surface area contributed by atoms with Crippen molar-refractivity contribution in [3.05, 3.63) is 29.8 Å². The van der Waals surface area contributed by atoms with E-state index >= 15 is 0 Å². The second-order valence-corrected chi connectivity index (χ2v) is 5.22. The smallest absolute Gasteiger partial charge is 0.224 e. The molecule has 1 aromatic rings. The molecule has 0 aliphatic heterocycles. The monoisotopic (exact) mass is 418 g/mol. The summed E-state index contributed by atoms with van der Waals surface area (Å²) >= 11 is 0. The molecule has 0 unspecified atom stereocenters. The van der Waals surface area contributed by atoms with Crippen LogP contribution in [0.3, 0.4) is 0 Å². The standard InChI is InChI=1S/C16H26N4O.HI/c1-5-6-15(21)20-14-9-7-13(8-10-14)11-18-16(17-4)19-12(2)3;/h7-10,12H,5-6,11H2,1-4H3,(H,20,21)(H2,17,18,19);1H. The Hall–Kier alpha value is -1.31. The second-order valence-electron chi connectivity index (χ2n) is 5.22. The van der Waals surface area contributed by atoms with Crippen LogP contribution in [-0.2, 0) is 11.3 Å². The molecule has 5 nitrogen and oxygen atoms in total. The second kappa shape index (κ2) is 11.3. The van der Waals surface area contributed by atoms with Crippen molar-refractivity contribution in [3.8, 4) is 0 Å². The molecule has 0 saturated heterocycles. The first kappa shape index (κ1) is 20.7. The summed E-state index contributed by atoms with van der Waals surface area (Å²) in [6, 6.07) is 8.17. The van der Waals surface area contributed by atoms with Gasteiger partial charge in [0.1, 0.15) is 0 Å². The van der Waals surface area contributed by atoms with Crippen molar-refractivity contribution in [3.63, 3.8) is 0 Å². The Labute approximate surface area is 150 Å². The number of benzene rings is 1. The van der Waals surface area contributed by atoms with E-state index in [0.29, 0.717) is 19.0 Å². The topological polar surface area (TPSA) is 65.5 Å². The fraction of sp³-hybridized carbons (Fsp3) is 0.500. The van der Waals surface area contributed by atoms with Crippen molar-refractivity contribution in [2.75, 3.05) is 12.4 Å². The maximum Gasteiger partial charge on any atom is 0.224 e. The fourth-order valence-electron chi connectivity index (χ4n) is 1.81. The van der Waals surface area contributed by atoms with Gasteiger partial charge >= 0.3 is 0 Å². The highest BCUT2D eigenvalue weighted by Gasteiger charge is 2.02. The molecule has 0 aromatic heterocycles. The van der Waals surface area contributed by atoms with E-state index < -0.39 is 0 Å². The highest BCUT2D eigenvalue weighted by Crippen LogP contribution is 2.10. The fourth-order valence-corrected chi connectivity index (χ4v) is 1.81. The number of rotatable bonds is 6. The summed E-state index contributed by atoms with van der Waals surface area (Å²) in [7, 11) is 1.75. The molecular weight excluding hydrogens is 391 g/mol. The molecule has 0 heterocycles. The van der Waals surface area contributed by atoms with Crippen molar-refractivity contribution in [1.82, 2.24) is 10.6 Å². The molecule has 1 rings (SSSR count). The first-order chi connectivity index (χ1) is 10.0. The molecule has 6 heteroatoms. The van der Waals surface area contributed by atoms with Gasteiger partial charge in [0.2, 0.25) is 5.91 Å². The van der Waals surface area contributed by atoms with Crippen LogP contribution in [0.4, 0.5) is 5.69 Å². The predicted molar refractivity (Wildman–Crippen MR) is 104 cm³/mol. The summed E-state index contributed by atoms with van der Waals surface area (Å²) in [5.74, 6) is 0.843. The predicted octanol–water partition coefficient (Wildman–Crippen LogP) is 3.12. The molecule has 0 bridgehead atoms. The largest absolute Gasteiger partial charge is 0.354 e. The van der Waals surface area contributed by atoms with Gasteiger partial charge in [-0.3, -0.25) is 9.79 Å². The van der Waals surface area contributed by atoms with Gasteiger partial charge in [-0.1, -0.05) is 19.1 Å². The number of aliphatic imine (C=N–C) groups is 1. The summed E-state index contributed by atoms with van der Waals surface area (Å²) in [5.41, 5.74) is 1.97. The highest BCUT2D eigenvalue weighted by molar-refractivity contribution is 14.0. The molecular formula is C16H27IN4O. The van der Waals surface area contributed by atoms with Crippen molar-refractivity contribution >= 4 is 41.5 Å². The third-order valence-electron chi connectivity index (χ3n) is 2.82. The summed E-state index contributed by atoms with van der Waals surface area (Å²) in [4.78, 5) is 15.7. The molecule has 0 aliphatic rings. The molecule has 0 atom stereocenters. The lowest BCUT2D eigenvalue weighted by Gasteiger charge is -2.14. The number of amides is 1. The van der Waals surface area contributed by atoms with Gasteiger partial charge in [0, 0.05) is 31.7 Å². The Bertz CT molecular complexity index is 472. The zero-order valence-electron chi connectivity index (χ0n) is 13.8. The van der Waals surface area contributed by atoms with E-state index in [9.17, 15) is 4.79 Å². The van der Waals surface area contributed by atoms with Crippen LogP contribution in [0.15, 0.2) is 29.3 Å². The van der Waals surface area contributed by atoms with Crippen LogP contribution in [0.1, 0.15) is 39.2 Å². The summed E-state index contributed by atoms with van der Waals surface area (Å²) in [6.07, 6.45) is 1.41. The highest BCUT2D eigenvalue weighted by atomic mass is 127. The minimum absolute atomic E-state index is 0. The molecule has 1 amide bonds. The van der Waals surface area contributed by atoms with Crippen molar-refractivity contribution in [1.29, 1.82) is 0 Å². The van der Waals surface area contributed by atoms with Crippen LogP contribution in [0.5, 0.6) is 0 Å². The summed E-state index contributed by atoms with van der Waals surface area (Å²) in [6.45, 7) is 6.82. The zero-order chi connectivity index (χ0) is 15.7. The lowest BCUT2D eigenvalue weighted by molar-refractivity contribution is -0.116. The first-order valence-corrected chi connectivity index (χ1v) is 7.41. The van der Waals surface area contributed by atoms with Crippen LogP contribution in [0.2, 0.25) is 0 Å².